The Balaban J connectivity index is 2.13. The molecule has 0 bridgehead atoms. The summed E-state index contributed by atoms with van der Waals surface area (Å²) >= 11 is 0. The maximum atomic E-state index is 12.5. The maximum absolute atomic E-state index is 12.5. The van der Waals surface area contributed by atoms with Crippen molar-refractivity contribution in [2.24, 2.45) is 0 Å². The quantitative estimate of drug-likeness (QED) is 0.811. The summed E-state index contributed by atoms with van der Waals surface area (Å²) in [6, 6.07) is 14.7. The van der Waals surface area contributed by atoms with Gasteiger partial charge in [0.2, 0.25) is 11.8 Å². The van der Waals surface area contributed by atoms with Gasteiger partial charge in [-0.25, -0.2) is 0 Å². The molecule has 2 amide bonds. The van der Waals surface area contributed by atoms with Crippen LogP contribution in [-0.4, -0.2) is 38.6 Å². The first-order chi connectivity index (χ1) is 12.8. The Kier molecular flexibility index (Phi) is 6.82. The number of anilines is 3. The van der Waals surface area contributed by atoms with Crippen molar-refractivity contribution >= 4 is 28.9 Å². The SMILES string of the molecule is CC(=O)N(CC(=O)Nc1ccccc1OC(C)C)c1ccc(N(C)C)cc1. The molecular weight excluding hydrogens is 342 g/mol. The van der Waals surface area contributed by atoms with Crippen LogP contribution in [0.5, 0.6) is 5.75 Å². The average molecular weight is 369 g/mol. The lowest BCUT2D eigenvalue weighted by Crippen LogP contribution is -2.36. The van der Waals surface area contributed by atoms with Gasteiger partial charge in [0.05, 0.1) is 11.8 Å². The van der Waals surface area contributed by atoms with Gasteiger partial charge in [0, 0.05) is 32.4 Å². The number of amides is 2. The van der Waals surface area contributed by atoms with Crippen LogP contribution < -0.4 is 19.9 Å². The van der Waals surface area contributed by atoms with Crippen LogP contribution in [0.1, 0.15) is 20.8 Å². The van der Waals surface area contributed by atoms with Crippen molar-refractivity contribution in [3.8, 4) is 5.75 Å². The van der Waals surface area contributed by atoms with E-state index in [2.05, 4.69) is 5.32 Å². The molecular formula is C21H27N3O3. The molecule has 0 heterocycles. The Morgan fingerprint density at radius 2 is 1.59 bits per heavy atom. The molecule has 2 aromatic rings. The second-order valence-corrected chi connectivity index (χ2v) is 6.73. The van der Waals surface area contributed by atoms with E-state index in [1.54, 1.807) is 12.1 Å². The summed E-state index contributed by atoms with van der Waals surface area (Å²) in [5.41, 5.74) is 2.28. The monoisotopic (exact) mass is 369 g/mol. The topological polar surface area (TPSA) is 61.9 Å². The van der Waals surface area contributed by atoms with Gasteiger partial charge in [-0.1, -0.05) is 12.1 Å². The predicted octanol–water partition coefficient (Wildman–Crippen LogP) is 3.53. The minimum absolute atomic E-state index is 0.00742. The smallest absolute Gasteiger partial charge is 0.244 e. The molecule has 27 heavy (non-hydrogen) atoms. The fourth-order valence-corrected chi connectivity index (χ4v) is 2.58. The van der Waals surface area contributed by atoms with Crippen LogP contribution in [0.2, 0.25) is 0 Å². The van der Waals surface area contributed by atoms with Crippen LogP contribution in [0.25, 0.3) is 0 Å². The van der Waals surface area contributed by atoms with E-state index >= 15 is 0 Å². The van der Waals surface area contributed by atoms with Gasteiger partial charge in [-0.05, 0) is 50.2 Å². The summed E-state index contributed by atoms with van der Waals surface area (Å²) < 4.78 is 5.72. The van der Waals surface area contributed by atoms with Crippen LogP contribution in [0, 0.1) is 0 Å². The molecule has 0 aliphatic heterocycles. The van der Waals surface area contributed by atoms with Crippen molar-refractivity contribution < 1.29 is 14.3 Å². The van der Waals surface area contributed by atoms with Crippen molar-refractivity contribution in [1.82, 2.24) is 0 Å². The third-order valence-electron chi connectivity index (χ3n) is 3.88. The molecule has 144 valence electrons. The van der Waals surface area contributed by atoms with Crippen LogP contribution in [0.15, 0.2) is 48.5 Å². The average Bonchev–Trinajstić information content (AvgIpc) is 2.61. The number of para-hydroxylation sites is 2. The molecule has 2 aromatic carbocycles. The zero-order valence-corrected chi connectivity index (χ0v) is 16.5. The lowest BCUT2D eigenvalue weighted by Gasteiger charge is -2.22. The highest BCUT2D eigenvalue weighted by atomic mass is 16.5. The van der Waals surface area contributed by atoms with Gasteiger partial charge < -0.3 is 19.9 Å². The Hall–Kier alpha value is -3.02. The maximum Gasteiger partial charge on any atom is 0.244 e. The van der Waals surface area contributed by atoms with Crippen LogP contribution in [-0.2, 0) is 9.59 Å². The second-order valence-electron chi connectivity index (χ2n) is 6.73. The highest BCUT2D eigenvalue weighted by Crippen LogP contribution is 2.25. The molecule has 6 heteroatoms. The first-order valence-electron chi connectivity index (χ1n) is 8.89. The molecule has 0 spiro atoms. The fraction of sp³-hybridized carbons (Fsp3) is 0.333. The predicted molar refractivity (Wildman–Crippen MR) is 110 cm³/mol. The normalized spacial score (nSPS) is 10.4. The molecule has 0 saturated carbocycles. The fourth-order valence-electron chi connectivity index (χ4n) is 2.58. The van der Waals surface area contributed by atoms with Gasteiger partial charge in [0.15, 0.2) is 0 Å². The molecule has 2 rings (SSSR count). The van der Waals surface area contributed by atoms with E-state index < -0.39 is 0 Å². The lowest BCUT2D eigenvalue weighted by molar-refractivity contribution is -0.120. The first-order valence-corrected chi connectivity index (χ1v) is 8.89. The molecule has 0 saturated heterocycles. The first kappa shape index (κ1) is 20.3. The van der Waals surface area contributed by atoms with Crippen molar-refractivity contribution in [2.75, 3.05) is 35.8 Å². The van der Waals surface area contributed by atoms with E-state index in [0.717, 1.165) is 5.69 Å². The Morgan fingerprint density at radius 1 is 1.00 bits per heavy atom. The number of rotatable bonds is 7. The number of carbonyl (C=O) groups excluding carboxylic acids is 2. The van der Waals surface area contributed by atoms with Gasteiger partial charge in [0.1, 0.15) is 12.3 Å². The standard InChI is InChI=1S/C21H27N3O3/c1-15(2)27-20-9-7-6-8-19(20)22-21(26)14-24(16(3)25)18-12-10-17(11-13-18)23(4)5/h6-13,15H,14H2,1-5H3,(H,22,26). The summed E-state index contributed by atoms with van der Waals surface area (Å²) in [5.74, 6) is 0.113. The molecule has 1 N–H and O–H groups in total. The van der Waals surface area contributed by atoms with Gasteiger partial charge in [-0.3, -0.25) is 9.59 Å². The van der Waals surface area contributed by atoms with E-state index in [-0.39, 0.29) is 24.5 Å². The van der Waals surface area contributed by atoms with Crippen molar-refractivity contribution in [1.29, 1.82) is 0 Å². The van der Waals surface area contributed by atoms with E-state index in [4.69, 9.17) is 4.74 Å². The second kappa shape index (κ2) is 9.07. The largest absolute Gasteiger partial charge is 0.489 e. The van der Waals surface area contributed by atoms with Gasteiger partial charge in [0.25, 0.3) is 0 Å². The van der Waals surface area contributed by atoms with E-state index in [9.17, 15) is 9.59 Å². The number of carbonyl (C=O) groups is 2. The summed E-state index contributed by atoms with van der Waals surface area (Å²) in [4.78, 5) is 28.0. The highest BCUT2D eigenvalue weighted by Gasteiger charge is 2.17. The number of benzene rings is 2. The van der Waals surface area contributed by atoms with Crippen LogP contribution in [0.3, 0.4) is 0 Å². The molecule has 6 nitrogen and oxygen atoms in total. The zero-order chi connectivity index (χ0) is 20.0. The van der Waals surface area contributed by atoms with E-state index in [1.165, 1.54) is 11.8 Å². The molecule has 0 unspecified atom stereocenters. The summed E-state index contributed by atoms with van der Waals surface area (Å²) in [6.07, 6.45) is -0.00742. The van der Waals surface area contributed by atoms with Crippen molar-refractivity contribution in [2.45, 2.75) is 26.9 Å². The number of nitrogens with zero attached hydrogens (tertiary/aromatic N) is 2. The molecule has 0 atom stereocenters. The third-order valence-corrected chi connectivity index (χ3v) is 3.88. The molecule has 0 aliphatic rings. The van der Waals surface area contributed by atoms with Crippen LogP contribution >= 0.6 is 0 Å². The van der Waals surface area contributed by atoms with Gasteiger partial charge >= 0.3 is 0 Å². The van der Waals surface area contributed by atoms with Crippen molar-refractivity contribution in [3.63, 3.8) is 0 Å². The van der Waals surface area contributed by atoms with E-state index in [1.807, 2.05) is 69.2 Å². The molecule has 0 radical (unpaired) electrons. The molecule has 0 fully saturated rings. The van der Waals surface area contributed by atoms with Crippen LogP contribution in [0.4, 0.5) is 17.1 Å². The zero-order valence-electron chi connectivity index (χ0n) is 16.5. The minimum atomic E-state index is -0.290. The Bertz CT molecular complexity index is 786. The number of hydrogen-bond acceptors (Lipinski definition) is 4. The van der Waals surface area contributed by atoms with E-state index in [0.29, 0.717) is 17.1 Å². The number of hydrogen-bond donors (Lipinski definition) is 1. The summed E-state index contributed by atoms with van der Waals surface area (Å²) in [6.45, 7) is 5.22. The Labute approximate surface area is 160 Å². The lowest BCUT2D eigenvalue weighted by atomic mass is 10.2. The number of ether oxygens (including phenoxy) is 1. The molecule has 0 aliphatic carbocycles. The summed E-state index contributed by atoms with van der Waals surface area (Å²) in [7, 11) is 3.89. The van der Waals surface area contributed by atoms with Gasteiger partial charge in [-0.2, -0.15) is 0 Å². The van der Waals surface area contributed by atoms with Crippen molar-refractivity contribution in [3.05, 3.63) is 48.5 Å². The highest BCUT2D eigenvalue weighted by molar-refractivity contribution is 6.02. The number of nitrogens with one attached hydrogen (secondary N) is 1. The Morgan fingerprint density at radius 3 is 2.15 bits per heavy atom. The summed E-state index contributed by atoms with van der Waals surface area (Å²) in [5, 5.41) is 2.83. The third kappa shape index (κ3) is 5.74. The molecule has 0 aromatic heterocycles. The minimum Gasteiger partial charge on any atom is -0.489 e. The van der Waals surface area contributed by atoms with Gasteiger partial charge in [-0.15, -0.1) is 0 Å².